The number of nitrogens with zero attached hydrogens (tertiary/aromatic N) is 2. The molecule has 4 rings (SSSR count). The molecular formula is C27H26N2O4. The van der Waals surface area contributed by atoms with E-state index in [1.165, 1.54) is 4.90 Å². The van der Waals surface area contributed by atoms with Crippen LogP contribution in [-0.4, -0.2) is 28.4 Å². The van der Waals surface area contributed by atoms with Crippen molar-refractivity contribution in [1.29, 1.82) is 0 Å². The van der Waals surface area contributed by atoms with Gasteiger partial charge in [-0.1, -0.05) is 26.0 Å². The highest BCUT2D eigenvalue weighted by Gasteiger charge is 2.46. The van der Waals surface area contributed by atoms with Gasteiger partial charge in [-0.25, -0.2) is 0 Å². The van der Waals surface area contributed by atoms with Crippen LogP contribution < -0.4 is 9.64 Å². The molecule has 0 saturated carbocycles. The number of benzene rings is 2. The number of aryl methyl sites for hydroxylation is 1. The number of amides is 1. The van der Waals surface area contributed by atoms with Crippen LogP contribution >= 0.6 is 0 Å². The average Bonchev–Trinajstić information content (AvgIpc) is 3.08. The fraction of sp³-hybridized carbons (Fsp3) is 0.222. The first kappa shape index (κ1) is 22.3. The molecule has 1 unspecified atom stereocenters. The molecule has 2 heterocycles. The monoisotopic (exact) mass is 442 g/mol. The number of pyridine rings is 1. The Morgan fingerprint density at radius 1 is 1.06 bits per heavy atom. The maximum atomic E-state index is 13.2. The first-order valence-corrected chi connectivity index (χ1v) is 10.9. The van der Waals surface area contributed by atoms with Crippen molar-refractivity contribution in [2.75, 3.05) is 11.5 Å². The van der Waals surface area contributed by atoms with Crippen molar-refractivity contribution >= 4 is 23.1 Å². The van der Waals surface area contributed by atoms with Crippen LogP contribution in [0.3, 0.4) is 0 Å². The molecular weight excluding hydrogens is 416 g/mol. The quantitative estimate of drug-likeness (QED) is 0.328. The lowest BCUT2D eigenvalue weighted by Crippen LogP contribution is -2.29. The molecule has 1 N–H and O–H groups in total. The minimum atomic E-state index is -0.772. The van der Waals surface area contributed by atoms with E-state index in [0.717, 1.165) is 5.56 Å². The zero-order valence-electron chi connectivity index (χ0n) is 18.9. The van der Waals surface area contributed by atoms with Crippen LogP contribution in [0.2, 0.25) is 0 Å². The van der Waals surface area contributed by atoms with E-state index in [4.69, 9.17) is 4.74 Å². The number of aromatic nitrogens is 1. The van der Waals surface area contributed by atoms with Gasteiger partial charge in [-0.2, -0.15) is 0 Å². The van der Waals surface area contributed by atoms with Crippen LogP contribution in [0.25, 0.3) is 5.76 Å². The van der Waals surface area contributed by atoms with E-state index in [2.05, 4.69) is 18.8 Å². The number of hydrogen-bond donors (Lipinski definition) is 1. The van der Waals surface area contributed by atoms with Gasteiger partial charge in [-0.15, -0.1) is 0 Å². The zero-order valence-corrected chi connectivity index (χ0v) is 18.9. The number of carbonyl (C=O) groups excluding carboxylic acids is 2. The minimum Gasteiger partial charge on any atom is -0.507 e. The Kier molecular flexibility index (Phi) is 6.27. The summed E-state index contributed by atoms with van der Waals surface area (Å²) in [5.41, 5.74) is 2.72. The number of Topliss-reactive ketones (excluding diaryl/α,β-unsaturated/α-hetero) is 1. The van der Waals surface area contributed by atoms with Crippen molar-refractivity contribution in [2.45, 2.75) is 26.8 Å². The van der Waals surface area contributed by atoms with Gasteiger partial charge in [0.1, 0.15) is 11.5 Å². The molecule has 0 aliphatic carbocycles. The average molecular weight is 443 g/mol. The molecule has 6 nitrogen and oxygen atoms in total. The number of hydrogen-bond acceptors (Lipinski definition) is 5. The molecule has 1 atom stereocenters. The lowest BCUT2D eigenvalue weighted by atomic mass is 9.95. The smallest absolute Gasteiger partial charge is 0.300 e. The van der Waals surface area contributed by atoms with Gasteiger partial charge < -0.3 is 9.84 Å². The lowest BCUT2D eigenvalue weighted by molar-refractivity contribution is -0.132. The minimum absolute atomic E-state index is 0.0450. The maximum Gasteiger partial charge on any atom is 0.300 e. The Morgan fingerprint density at radius 3 is 2.39 bits per heavy atom. The van der Waals surface area contributed by atoms with E-state index in [-0.39, 0.29) is 11.3 Å². The second-order valence-corrected chi connectivity index (χ2v) is 8.52. The summed E-state index contributed by atoms with van der Waals surface area (Å²) in [6.45, 7) is 6.62. The predicted molar refractivity (Wildman–Crippen MR) is 127 cm³/mol. The third kappa shape index (κ3) is 4.51. The molecule has 33 heavy (non-hydrogen) atoms. The van der Waals surface area contributed by atoms with Gasteiger partial charge in [0.2, 0.25) is 0 Å². The van der Waals surface area contributed by atoms with Crippen LogP contribution in [-0.2, 0) is 9.59 Å². The van der Waals surface area contributed by atoms with Crippen LogP contribution in [0.1, 0.15) is 36.6 Å². The molecule has 0 radical (unpaired) electrons. The van der Waals surface area contributed by atoms with Crippen molar-refractivity contribution in [3.8, 4) is 5.75 Å². The summed E-state index contributed by atoms with van der Waals surface area (Å²) in [6.07, 6.45) is 3.21. The molecule has 3 aromatic rings. The SMILES string of the molecule is Cc1cccc(N2C(=O)C(=O)/C(=C(/O)c3ccc(OCC(C)C)cc3)C2c2ccncc2)c1. The molecule has 6 heteroatoms. The third-order valence-electron chi connectivity index (χ3n) is 5.46. The summed E-state index contributed by atoms with van der Waals surface area (Å²) in [4.78, 5) is 31.8. The van der Waals surface area contributed by atoms with Crippen molar-refractivity contribution < 1.29 is 19.4 Å². The number of anilines is 1. The highest BCUT2D eigenvalue weighted by Crippen LogP contribution is 2.42. The summed E-state index contributed by atoms with van der Waals surface area (Å²) in [6, 6.07) is 17.0. The van der Waals surface area contributed by atoms with Gasteiger partial charge in [-0.05, 0) is 72.5 Å². The lowest BCUT2D eigenvalue weighted by Gasteiger charge is -2.25. The molecule has 168 valence electrons. The number of carbonyl (C=O) groups is 2. The molecule has 1 aliphatic heterocycles. The van der Waals surface area contributed by atoms with Gasteiger partial charge >= 0.3 is 0 Å². The van der Waals surface area contributed by atoms with E-state index in [1.54, 1.807) is 54.9 Å². The Hall–Kier alpha value is -3.93. The highest BCUT2D eigenvalue weighted by atomic mass is 16.5. The van der Waals surface area contributed by atoms with Gasteiger partial charge in [0, 0.05) is 23.6 Å². The van der Waals surface area contributed by atoms with Gasteiger partial charge in [0.05, 0.1) is 18.2 Å². The van der Waals surface area contributed by atoms with Crippen LogP contribution in [0, 0.1) is 12.8 Å². The van der Waals surface area contributed by atoms with Gasteiger partial charge in [0.25, 0.3) is 11.7 Å². The highest BCUT2D eigenvalue weighted by molar-refractivity contribution is 6.51. The summed E-state index contributed by atoms with van der Waals surface area (Å²) in [7, 11) is 0. The predicted octanol–water partition coefficient (Wildman–Crippen LogP) is 5.05. The second-order valence-electron chi connectivity index (χ2n) is 8.52. The molecule has 2 aromatic carbocycles. The Bertz CT molecular complexity index is 1200. The summed E-state index contributed by atoms with van der Waals surface area (Å²) in [5.74, 6) is -0.570. The molecule has 1 aromatic heterocycles. The molecule has 1 fully saturated rings. The van der Waals surface area contributed by atoms with E-state index in [0.29, 0.717) is 35.1 Å². The number of ether oxygens (including phenoxy) is 1. The van der Waals surface area contributed by atoms with E-state index < -0.39 is 17.7 Å². The number of rotatable bonds is 6. The fourth-order valence-corrected chi connectivity index (χ4v) is 3.87. The molecule has 1 amide bonds. The van der Waals surface area contributed by atoms with Crippen LogP contribution in [0.15, 0.2) is 78.6 Å². The van der Waals surface area contributed by atoms with Crippen LogP contribution in [0.5, 0.6) is 5.75 Å². The van der Waals surface area contributed by atoms with Crippen molar-refractivity contribution in [3.63, 3.8) is 0 Å². The largest absolute Gasteiger partial charge is 0.507 e. The van der Waals surface area contributed by atoms with Crippen LogP contribution in [0.4, 0.5) is 5.69 Å². The Balaban J connectivity index is 1.80. The molecule has 0 bridgehead atoms. The third-order valence-corrected chi connectivity index (χ3v) is 5.46. The van der Waals surface area contributed by atoms with E-state index in [9.17, 15) is 14.7 Å². The van der Waals surface area contributed by atoms with E-state index >= 15 is 0 Å². The summed E-state index contributed by atoms with van der Waals surface area (Å²) < 4.78 is 5.71. The van der Waals surface area contributed by atoms with Crippen molar-refractivity contribution in [2.24, 2.45) is 5.92 Å². The second kappa shape index (κ2) is 9.28. The normalized spacial score (nSPS) is 17.6. The van der Waals surface area contributed by atoms with E-state index in [1.807, 2.05) is 25.1 Å². The first-order chi connectivity index (χ1) is 15.9. The molecule has 1 aliphatic rings. The standard InChI is InChI=1S/C27H26N2O4/c1-17(2)16-33-22-9-7-20(8-10-22)25(30)23-24(19-11-13-28-14-12-19)29(27(32)26(23)31)21-6-4-5-18(3)15-21/h4-15,17,24,30H,16H2,1-3H3/b25-23+. The number of aliphatic hydroxyl groups is 1. The van der Waals surface area contributed by atoms with Gasteiger partial charge in [0.15, 0.2) is 0 Å². The molecule has 1 saturated heterocycles. The number of ketones is 1. The van der Waals surface area contributed by atoms with Crippen molar-refractivity contribution in [1.82, 2.24) is 4.98 Å². The summed E-state index contributed by atoms with van der Waals surface area (Å²) in [5, 5.41) is 11.2. The Labute approximate surface area is 193 Å². The topological polar surface area (TPSA) is 79.7 Å². The maximum absolute atomic E-state index is 13.2. The molecule has 0 spiro atoms. The Morgan fingerprint density at radius 2 is 1.76 bits per heavy atom. The first-order valence-electron chi connectivity index (χ1n) is 10.9. The number of aliphatic hydroxyl groups excluding tert-OH is 1. The fourth-order valence-electron chi connectivity index (χ4n) is 3.87. The van der Waals surface area contributed by atoms with Crippen molar-refractivity contribution in [3.05, 3.63) is 95.3 Å². The zero-order chi connectivity index (χ0) is 23.5. The summed E-state index contributed by atoms with van der Waals surface area (Å²) >= 11 is 0. The van der Waals surface area contributed by atoms with Gasteiger partial charge in [-0.3, -0.25) is 19.5 Å².